The van der Waals surface area contributed by atoms with Gasteiger partial charge in [0.25, 0.3) is 0 Å². The summed E-state index contributed by atoms with van der Waals surface area (Å²) in [6.45, 7) is 8.60. The molecule has 3 aromatic carbocycles. The van der Waals surface area contributed by atoms with Gasteiger partial charge in [0.2, 0.25) is 5.91 Å². The largest absolute Gasteiger partial charge is 0.494 e. The maximum atomic E-state index is 12.8. The fraction of sp³-hybridized carbons (Fsp3) is 0.222. The summed E-state index contributed by atoms with van der Waals surface area (Å²) in [4.78, 5) is 12.8. The minimum atomic E-state index is -0.0826. The Bertz CT molecular complexity index is 1280. The lowest BCUT2D eigenvalue weighted by atomic mass is 10.1. The second-order valence-corrected chi connectivity index (χ2v) is 8.98. The zero-order chi connectivity index (χ0) is 24.1. The molecule has 0 saturated heterocycles. The molecule has 1 N–H and O–H groups in total. The lowest BCUT2D eigenvalue weighted by molar-refractivity contribution is -0.113. The van der Waals surface area contributed by atoms with Gasteiger partial charge < -0.3 is 10.1 Å². The molecule has 0 aliphatic carbocycles. The molecule has 0 fully saturated rings. The molecule has 174 valence electrons. The summed E-state index contributed by atoms with van der Waals surface area (Å²) in [6, 6.07) is 22.0. The second kappa shape index (κ2) is 10.6. The number of aryl methyl sites for hydroxylation is 3. The monoisotopic (exact) mass is 472 g/mol. The predicted octanol–water partition coefficient (Wildman–Crippen LogP) is 5.99. The molecule has 0 atom stereocenters. The van der Waals surface area contributed by atoms with E-state index >= 15 is 0 Å². The van der Waals surface area contributed by atoms with Crippen LogP contribution in [0, 0.1) is 20.8 Å². The maximum Gasteiger partial charge on any atom is 0.234 e. The first-order valence-corrected chi connectivity index (χ1v) is 12.2. The smallest absolute Gasteiger partial charge is 0.234 e. The van der Waals surface area contributed by atoms with E-state index in [2.05, 4.69) is 34.6 Å². The van der Waals surface area contributed by atoms with Gasteiger partial charge in [-0.15, -0.1) is 10.2 Å². The number of nitrogens with zero attached hydrogens (tertiary/aromatic N) is 3. The molecule has 0 aliphatic rings. The molecule has 4 aromatic rings. The molecule has 0 radical (unpaired) electrons. The van der Waals surface area contributed by atoms with Crippen LogP contribution in [0.25, 0.3) is 17.1 Å². The van der Waals surface area contributed by atoms with Crippen LogP contribution in [0.2, 0.25) is 0 Å². The number of para-hydroxylation sites is 1. The van der Waals surface area contributed by atoms with Crippen LogP contribution in [0.5, 0.6) is 5.75 Å². The van der Waals surface area contributed by atoms with E-state index in [1.165, 1.54) is 11.8 Å². The van der Waals surface area contributed by atoms with Crippen molar-refractivity contribution in [3.05, 3.63) is 83.4 Å². The van der Waals surface area contributed by atoms with Crippen LogP contribution in [0.4, 0.5) is 5.69 Å². The lowest BCUT2D eigenvalue weighted by Gasteiger charge is -2.13. The van der Waals surface area contributed by atoms with Crippen LogP contribution in [0.15, 0.2) is 71.9 Å². The number of thioether (sulfide) groups is 1. The van der Waals surface area contributed by atoms with Crippen molar-refractivity contribution in [2.75, 3.05) is 17.7 Å². The van der Waals surface area contributed by atoms with Gasteiger partial charge in [-0.3, -0.25) is 9.36 Å². The van der Waals surface area contributed by atoms with E-state index in [4.69, 9.17) is 4.74 Å². The highest BCUT2D eigenvalue weighted by molar-refractivity contribution is 7.99. The minimum Gasteiger partial charge on any atom is -0.494 e. The number of hydrogen-bond acceptors (Lipinski definition) is 5. The molecule has 0 unspecified atom stereocenters. The number of ether oxygens (including phenoxy) is 1. The first-order chi connectivity index (χ1) is 16.5. The van der Waals surface area contributed by atoms with Gasteiger partial charge in [-0.05, 0) is 69.2 Å². The van der Waals surface area contributed by atoms with E-state index in [0.29, 0.717) is 11.8 Å². The van der Waals surface area contributed by atoms with Crippen molar-refractivity contribution in [1.29, 1.82) is 0 Å². The summed E-state index contributed by atoms with van der Waals surface area (Å²) in [6.07, 6.45) is 0. The van der Waals surface area contributed by atoms with Gasteiger partial charge in [-0.1, -0.05) is 53.7 Å². The fourth-order valence-electron chi connectivity index (χ4n) is 3.74. The number of amides is 1. The molecule has 6 nitrogen and oxygen atoms in total. The third kappa shape index (κ3) is 5.31. The van der Waals surface area contributed by atoms with Crippen molar-refractivity contribution in [3.63, 3.8) is 0 Å². The summed E-state index contributed by atoms with van der Waals surface area (Å²) in [7, 11) is 0. The Balaban J connectivity index is 1.62. The topological polar surface area (TPSA) is 69.0 Å². The number of hydrogen-bond donors (Lipinski definition) is 1. The Hall–Kier alpha value is -3.58. The van der Waals surface area contributed by atoms with Crippen LogP contribution in [0.1, 0.15) is 23.6 Å². The number of nitrogens with one attached hydrogen (secondary N) is 1. The maximum absolute atomic E-state index is 12.8. The van der Waals surface area contributed by atoms with Gasteiger partial charge in [0.15, 0.2) is 11.0 Å². The number of carbonyl (C=O) groups is 1. The number of aromatic nitrogens is 3. The van der Waals surface area contributed by atoms with Gasteiger partial charge >= 0.3 is 0 Å². The molecule has 7 heteroatoms. The van der Waals surface area contributed by atoms with Crippen LogP contribution < -0.4 is 10.1 Å². The molecule has 4 rings (SSSR count). The summed E-state index contributed by atoms with van der Waals surface area (Å²) < 4.78 is 7.58. The van der Waals surface area contributed by atoms with E-state index in [1.54, 1.807) is 0 Å². The van der Waals surface area contributed by atoms with Gasteiger partial charge in [-0.25, -0.2) is 0 Å². The highest BCUT2D eigenvalue weighted by Crippen LogP contribution is 2.30. The van der Waals surface area contributed by atoms with E-state index in [9.17, 15) is 4.79 Å². The standard InChI is InChI=1S/C27H28N4O2S/c1-5-33-23-14-12-22(13-15-23)31-26(21-11-6-8-18(2)16-21)29-30-27(31)34-17-24(32)28-25-19(3)9-7-10-20(25)4/h6-16H,5,17H2,1-4H3,(H,28,32). The van der Waals surface area contributed by atoms with Crippen molar-refractivity contribution in [3.8, 4) is 22.8 Å². The molecule has 0 bridgehead atoms. The zero-order valence-corrected chi connectivity index (χ0v) is 20.6. The van der Waals surface area contributed by atoms with Crippen molar-refractivity contribution in [2.45, 2.75) is 32.9 Å². The second-order valence-electron chi connectivity index (χ2n) is 8.04. The van der Waals surface area contributed by atoms with E-state index < -0.39 is 0 Å². The minimum absolute atomic E-state index is 0.0826. The molecular formula is C27H28N4O2S. The third-order valence-electron chi connectivity index (χ3n) is 5.39. The van der Waals surface area contributed by atoms with Crippen LogP contribution in [-0.2, 0) is 4.79 Å². The van der Waals surface area contributed by atoms with E-state index in [0.717, 1.165) is 45.2 Å². The van der Waals surface area contributed by atoms with Crippen molar-refractivity contribution in [2.24, 2.45) is 0 Å². The van der Waals surface area contributed by atoms with Crippen molar-refractivity contribution in [1.82, 2.24) is 14.8 Å². The van der Waals surface area contributed by atoms with Gasteiger partial charge in [-0.2, -0.15) is 0 Å². The summed E-state index contributed by atoms with van der Waals surface area (Å²) >= 11 is 1.36. The fourth-order valence-corrected chi connectivity index (χ4v) is 4.49. The average molecular weight is 473 g/mol. The molecule has 0 saturated carbocycles. The van der Waals surface area contributed by atoms with Crippen molar-refractivity contribution >= 4 is 23.4 Å². The van der Waals surface area contributed by atoms with Gasteiger partial charge in [0, 0.05) is 16.9 Å². The Kier molecular flexibility index (Phi) is 7.33. The third-order valence-corrected chi connectivity index (χ3v) is 6.32. The van der Waals surface area contributed by atoms with Gasteiger partial charge in [0.1, 0.15) is 5.75 Å². The summed E-state index contributed by atoms with van der Waals surface area (Å²) in [5.41, 5.74) is 5.95. The lowest BCUT2D eigenvalue weighted by Crippen LogP contribution is -2.16. The highest BCUT2D eigenvalue weighted by atomic mass is 32.2. The Morgan fingerprint density at radius 3 is 2.35 bits per heavy atom. The Morgan fingerprint density at radius 2 is 1.68 bits per heavy atom. The number of anilines is 1. The van der Waals surface area contributed by atoms with E-state index in [-0.39, 0.29) is 11.7 Å². The van der Waals surface area contributed by atoms with Crippen LogP contribution in [-0.4, -0.2) is 33.0 Å². The number of benzene rings is 3. The molecule has 0 aliphatic heterocycles. The number of rotatable bonds is 8. The van der Waals surface area contributed by atoms with Crippen LogP contribution in [0.3, 0.4) is 0 Å². The van der Waals surface area contributed by atoms with Gasteiger partial charge in [0.05, 0.1) is 12.4 Å². The first-order valence-electron chi connectivity index (χ1n) is 11.2. The summed E-state index contributed by atoms with van der Waals surface area (Å²) in [5.74, 6) is 1.67. The first kappa shape index (κ1) is 23.6. The zero-order valence-electron chi connectivity index (χ0n) is 19.8. The average Bonchev–Trinajstić information content (AvgIpc) is 3.25. The van der Waals surface area contributed by atoms with Crippen LogP contribution >= 0.6 is 11.8 Å². The molecular weight excluding hydrogens is 444 g/mol. The Labute approximate surface area is 204 Å². The predicted molar refractivity (Wildman–Crippen MR) is 138 cm³/mol. The Morgan fingerprint density at radius 1 is 0.971 bits per heavy atom. The van der Waals surface area contributed by atoms with E-state index in [1.807, 2.05) is 79.9 Å². The number of carbonyl (C=O) groups excluding carboxylic acids is 1. The quantitative estimate of drug-likeness (QED) is 0.319. The molecule has 1 aromatic heterocycles. The normalized spacial score (nSPS) is 10.8. The molecule has 34 heavy (non-hydrogen) atoms. The SMILES string of the molecule is CCOc1ccc(-n2c(SCC(=O)Nc3c(C)cccc3C)nnc2-c2cccc(C)c2)cc1. The van der Waals surface area contributed by atoms with Crippen molar-refractivity contribution < 1.29 is 9.53 Å². The highest BCUT2D eigenvalue weighted by Gasteiger charge is 2.18. The summed E-state index contributed by atoms with van der Waals surface area (Å²) in [5, 5.41) is 12.6. The molecule has 1 heterocycles. The molecule has 0 spiro atoms. The molecule has 1 amide bonds.